The average molecular weight is 333 g/mol. The van der Waals surface area contributed by atoms with Gasteiger partial charge in [-0.25, -0.2) is 13.6 Å². The molecule has 0 aromatic heterocycles. The molecule has 6 nitrogen and oxygen atoms in total. The Kier molecular flexibility index (Phi) is 5.02. The Morgan fingerprint density at radius 1 is 1.09 bits per heavy atom. The number of aryl methyl sites for hydroxylation is 1. The molecule has 0 saturated heterocycles. The first-order valence-electron chi connectivity index (χ1n) is 7.02. The minimum Gasteiger partial charge on any atom is -0.374 e. The van der Waals surface area contributed by atoms with E-state index < -0.39 is 16.1 Å². The monoisotopic (exact) mass is 333 g/mol. The standard InChI is InChI=1S/C16H19N3O3S/c1-11-4-3-5-14(10-11)18-12(2)16(20)19-13-6-8-15(9-7-13)23(17,21)22/h3-10,12,18H,1-2H3,(H,19,20)(H2,17,21,22)/t12-/m0/s1. The van der Waals surface area contributed by atoms with E-state index in [9.17, 15) is 13.2 Å². The van der Waals surface area contributed by atoms with E-state index in [4.69, 9.17) is 5.14 Å². The number of sulfonamides is 1. The van der Waals surface area contributed by atoms with Crippen LogP contribution in [0.4, 0.5) is 11.4 Å². The van der Waals surface area contributed by atoms with E-state index in [-0.39, 0.29) is 10.8 Å². The van der Waals surface area contributed by atoms with Gasteiger partial charge in [0.05, 0.1) is 4.90 Å². The Hall–Kier alpha value is -2.38. The molecule has 0 bridgehead atoms. The lowest BCUT2D eigenvalue weighted by Crippen LogP contribution is -2.31. The van der Waals surface area contributed by atoms with E-state index in [1.807, 2.05) is 31.2 Å². The average Bonchev–Trinajstić information content (AvgIpc) is 2.46. The van der Waals surface area contributed by atoms with Gasteiger partial charge < -0.3 is 10.6 Å². The van der Waals surface area contributed by atoms with Gasteiger partial charge >= 0.3 is 0 Å². The van der Waals surface area contributed by atoms with Gasteiger partial charge in [0.2, 0.25) is 15.9 Å². The van der Waals surface area contributed by atoms with Crippen molar-refractivity contribution >= 4 is 27.3 Å². The third-order valence-electron chi connectivity index (χ3n) is 3.24. The van der Waals surface area contributed by atoms with Crippen LogP contribution in [0.3, 0.4) is 0 Å². The highest BCUT2D eigenvalue weighted by Crippen LogP contribution is 2.14. The van der Waals surface area contributed by atoms with Crippen LogP contribution in [0.25, 0.3) is 0 Å². The number of benzene rings is 2. The van der Waals surface area contributed by atoms with Crippen molar-refractivity contribution in [1.82, 2.24) is 0 Å². The fourth-order valence-electron chi connectivity index (χ4n) is 2.03. The van der Waals surface area contributed by atoms with Crippen molar-refractivity contribution in [2.75, 3.05) is 10.6 Å². The third-order valence-corrected chi connectivity index (χ3v) is 4.17. The Morgan fingerprint density at radius 3 is 2.30 bits per heavy atom. The molecule has 0 fully saturated rings. The zero-order valence-electron chi connectivity index (χ0n) is 12.9. The molecule has 0 unspecified atom stereocenters. The number of hydrogen-bond donors (Lipinski definition) is 3. The lowest BCUT2D eigenvalue weighted by atomic mass is 10.2. The van der Waals surface area contributed by atoms with Crippen LogP contribution in [0, 0.1) is 6.92 Å². The van der Waals surface area contributed by atoms with Crippen LogP contribution in [-0.4, -0.2) is 20.4 Å². The number of hydrogen-bond acceptors (Lipinski definition) is 4. The van der Waals surface area contributed by atoms with Gasteiger partial charge in [-0.05, 0) is 55.8 Å². The van der Waals surface area contributed by atoms with Crippen LogP contribution in [0.2, 0.25) is 0 Å². The first-order valence-corrected chi connectivity index (χ1v) is 8.57. The molecule has 2 aromatic carbocycles. The summed E-state index contributed by atoms with van der Waals surface area (Å²) in [6.45, 7) is 3.72. The van der Waals surface area contributed by atoms with E-state index in [1.165, 1.54) is 24.3 Å². The quantitative estimate of drug-likeness (QED) is 0.779. The topological polar surface area (TPSA) is 101 Å². The number of nitrogens with one attached hydrogen (secondary N) is 2. The Morgan fingerprint density at radius 2 is 1.74 bits per heavy atom. The summed E-state index contributed by atoms with van der Waals surface area (Å²) in [5, 5.41) is 10.9. The number of amides is 1. The summed E-state index contributed by atoms with van der Waals surface area (Å²) in [5.74, 6) is -0.227. The number of carbonyl (C=O) groups excluding carboxylic acids is 1. The van der Waals surface area contributed by atoms with E-state index in [1.54, 1.807) is 6.92 Å². The molecule has 23 heavy (non-hydrogen) atoms. The molecule has 0 aliphatic carbocycles. The summed E-state index contributed by atoms with van der Waals surface area (Å²) in [5.41, 5.74) is 2.46. The maximum atomic E-state index is 12.2. The summed E-state index contributed by atoms with van der Waals surface area (Å²) in [6, 6.07) is 13.0. The number of carbonyl (C=O) groups is 1. The summed E-state index contributed by atoms with van der Waals surface area (Å²) < 4.78 is 22.4. The van der Waals surface area contributed by atoms with E-state index >= 15 is 0 Å². The second-order valence-corrected chi connectivity index (χ2v) is 6.86. The second kappa shape index (κ2) is 6.80. The second-order valence-electron chi connectivity index (χ2n) is 5.29. The van der Waals surface area contributed by atoms with Gasteiger partial charge in [-0.3, -0.25) is 4.79 Å². The van der Waals surface area contributed by atoms with Crippen molar-refractivity contribution in [2.24, 2.45) is 5.14 Å². The predicted octanol–water partition coefficient (Wildman–Crippen LogP) is 2.08. The van der Waals surface area contributed by atoms with E-state index in [0.29, 0.717) is 5.69 Å². The molecule has 2 aromatic rings. The van der Waals surface area contributed by atoms with Gasteiger partial charge in [-0.15, -0.1) is 0 Å². The molecule has 0 heterocycles. The number of rotatable bonds is 5. The van der Waals surface area contributed by atoms with Crippen molar-refractivity contribution in [3.05, 3.63) is 54.1 Å². The fraction of sp³-hybridized carbons (Fsp3) is 0.188. The van der Waals surface area contributed by atoms with Crippen LogP contribution in [0.5, 0.6) is 0 Å². The first-order chi connectivity index (χ1) is 10.8. The lowest BCUT2D eigenvalue weighted by Gasteiger charge is -2.15. The molecule has 4 N–H and O–H groups in total. The zero-order chi connectivity index (χ0) is 17.0. The Balaban J connectivity index is 2.01. The molecule has 1 amide bonds. The van der Waals surface area contributed by atoms with Gasteiger partial charge in [0, 0.05) is 11.4 Å². The van der Waals surface area contributed by atoms with E-state index in [2.05, 4.69) is 10.6 Å². The molecule has 0 spiro atoms. The highest BCUT2D eigenvalue weighted by atomic mass is 32.2. The summed E-state index contributed by atoms with van der Waals surface area (Å²) in [7, 11) is -3.73. The summed E-state index contributed by atoms with van der Waals surface area (Å²) in [4.78, 5) is 12.2. The lowest BCUT2D eigenvalue weighted by molar-refractivity contribution is -0.116. The highest BCUT2D eigenvalue weighted by molar-refractivity contribution is 7.89. The van der Waals surface area contributed by atoms with Crippen LogP contribution in [0.15, 0.2) is 53.4 Å². The number of primary sulfonamides is 1. The minimum atomic E-state index is -3.73. The molecule has 1 atom stereocenters. The SMILES string of the molecule is Cc1cccc(N[C@@H](C)C(=O)Nc2ccc(S(N)(=O)=O)cc2)c1. The normalized spacial score (nSPS) is 12.5. The van der Waals surface area contributed by atoms with Crippen molar-refractivity contribution in [2.45, 2.75) is 24.8 Å². The first kappa shape index (κ1) is 17.0. The molecule has 122 valence electrons. The number of anilines is 2. The molecule has 2 rings (SSSR count). The molecular weight excluding hydrogens is 314 g/mol. The summed E-state index contributed by atoms with van der Waals surface area (Å²) >= 11 is 0. The van der Waals surface area contributed by atoms with Crippen molar-refractivity contribution in [1.29, 1.82) is 0 Å². The molecule has 0 aliphatic rings. The van der Waals surface area contributed by atoms with Gasteiger partial charge in [-0.2, -0.15) is 0 Å². The minimum absolute atomic E-state index is 0.00133. The molecule has 0 aliphatic heterocycles. The van der Waals surface area contributed by atoms with Crippen molar-refractivity contribution in [3.8, 4) is 0 Å². The number of nitrogens with two attached hydrogens (primary N) is 1. The van der Waals surface area contributed by atoms with Crippen LogP contribution in [0.1, 0.15) is 12.5 Å². The fourth-order valence-corrected chi connectivity index (χ4v) is 2.54. The maximum absolute atomic E-state index is 12.2. The molecular formula is C16H19N3O3S. The molecule has 7 heteroatoms. The van der Waals surface area contributed by atoms with Gasteiger partial charge in [0.25, 0.3) is 0 Å². The largest absolute Gasteiger partial charge is 0.374 e. The molecule has 0 saturated carbocycles. The van der Waals surface area contributed by atoms with Crippen molar-refractivity contribution in [3.63, 3.8) is 0 Å². The smallest absolute Gasteiger partial charge is 0.246 e. The Labute approximate surface area is 135 Å². The van der Waals surface area contributed by atoms with Crippen LogP contribution >= 0.6 is 0 Å². The Bertz CT molecular complexity index is 802. The third kappa shape index (κ3) is 4.80. The van der Waals surface area contributed by atoms with Crippen molar-refractivity contribution < 1.29 is 13.2 Å². The highest BCUT2D eigenvalue weighted by Gasteiger charge is 2.13. The predicted molar refractivity (Wildman–Crippen MR) is 90.7 cm³/mol. The maximum Gasteiger partial charge on any atom is 0.246 e. The van der Waals surface area contributed by atoms with Gasteiger partial charge in [-0.1, -0.05) is 12.1 Å². The summed E-state index contributed by atoms with van der Waals surface area (Å²) in [6.07, 6.45) is 0. The van der Waals surface area contributed by atoms with Crippen LogP contribution in [-0.2, 0) is 14.8 Å². The van der Waals surface area contributed by atoms with E-state index in [0.717, 1.165) is 11.3 Å². The van der Waals surface area contributed by atoms with Gasteiger partial charge in [0.15, 0.2) is 0 Å². The zero-order valence-corrected chi connectivity index (χ0v) is 13.7. The molecule has 0 radical (unpaired) electrons. The van der Waals surface area contributed by atoms with Gasteiger partial charge in [0.1, 0.15) is 6.04 Å². The van der Waals surface area contributed by atoms with Crippen LogP contribution < -0.4 is 15.8 Å².